The molecule has 0 fully saturated rings. The van der Waals surface area contributed by atoms with E-state index in [2.05, 4.69) is 57.7 Å². The zero-order valence-corrected chi connectivity index (χ0v) is 19.2. The molecular weight excluding hydrogens is 318 g/mol. The normalized spacial score (nSPS) is 12.8. The van der Waals surface area contributed by atoms with Crippen LogP contribution in [0, 0.1) is 0 Å². The SMILES string of the molecule is CCC[Si](CC)(CCC)NCCS[Si](CC)(CCC)CCC. The van der Waals surface area contributed by atoms with Crippen molar-refractivity contribution in [1.82, 2.24) is 4.98 Å². The maximum Gasteiger partial charge on any atom is 0.125 e. The Labute approximate surface area is 147 Å². The number of hydrogen-bond acceptors (Lipinski definition) is 2. The molecule has 0 saturated carbocycles. The lowest BCUT2D eigenvalue weighted by Gasteiger charge is -2.33. The van der Waals surface area contributed by atoms with Crippen molar-refractivity contribution in [3.05, 3.63) is 0 Å². The lowest BCUT2D eigenvalue weighted by atomic mass is 10.6. The lowest BCUT2D eigenvalue weighted by Crippen LogP contribution is -2.50. The third-order valence-corrected chi connectivity index (χ3v) is 20.1. The van der Waals surface area contributed by atoms with Crippen LogP contribution in [0.2, 0.25) is 36.3 Å². The summed E-state index contributed by atoms with van der Waals surface area (Å²) < 4.78 is 0. The molecule has 4 heteroatoms. The van der Waals surface area contributed by atoms with Gasteiger partial charge in [-0.05, 0) is 42.5 Å². The fraction of sp³-hybridized carbons (Fsp3) is 1.00. The van der Waals surface area contributed by atoms with Crippen molar-refractivity contribution in [3.63, 3.8) is 0 Å². The molecule has 0 amide bonds. The molecule has 0 heterocycles. The van der Waals surface area contributed by atoms with E-state index >= 15 is 0 Å². The Hall–Kier alpha value is 0.744. The van der Waals surface area contributed by atoms with Gasteiger partial charge in [0.25, 0.3) is 0 Å². The van der Waals surface area contributed by atoms with Crippen LogP contribution < -0.4 is 4.98 Å². The molecule has 22 heavy (non-hydrogen) atoms. The Morgan fingerprint density at radius 2 is 1.18 bits per heavy atom. The standard InChI is InChI=1S/C18H43NSSi2/c1-7-15-21(11-5,16-8-2)19-13-14-20-22(12-6,17-9-3)18-10-4/h19H,7-18H2,1-6H3. The molecule has 0 aliphatic carbocycles. The van der Waals surface area contributed by atoms with Gasteiger partial charge in [-0.15, -0.1) is 0 Å². The summed E-state index contributed by atoms with van der Waals surface area (Å²) in [4.78, 5) is 4.11. The van der Waals surface area contributed by atoms with Crippen LogP contribution in [0.15, 0.2) is 0 Å². The summed E-state index contributed by atoms with van der Waals surface area (Å²) in [5.41, 5.74) is 0. The number of rotatable bonds is 15. The number of hydrogen-bond donors (Lipinski definition) is 1. The van der Waals surface area contributed by atoms with Crippen molar-refractivity contribution in [2.24, 2.45) is 0 Å². The molecule has 0 aromatic heterocycles. The minimum Gasteiger partial charge on any atom is -0.336 e. The Morgan fingerprint density at radius 3 is 1.55 bits per heavy atom. The molecule has 0 aliphatic heterocycles. The maximum atomic E-state index is 4.11. The van der Waals surface area contributed by atoms with Gasteiger partial charge in [-0.1, -0.05) is 73.3 Å². The van der Waals surface area contributed by atoms with Crippen molar-refractivity contribution in [3.8, 4) is 0 Å². The van der Waals surface area contributed by atoms with Crippen molar-refractivity contribution in [2.75, 3.05) is 12.3 Å². The molecule has 0 bridgehead atoms. The first-order valence-corrected chi connectivity index (χ1v) is 16.9. The molecule has 134 valence electrons. The highest BCUT2D eigenvalue weighted by Gasteiger charge is 2.31. The van der Waals surface area contributed by atoms with Crippen LogP contribution in [-0.4, -0.2) is 27.8 Å². The molecule has 0 aromatic rings. The molecule has 0 aliphatic rings. The highest BCUT2D eigenvalue weighted by molar-refractivity contribution is 8.29. The maximum absolute atomic E-state index is 4.11. The predicted octanol–water partition coefficient (Wildman–Crippen LogP) is 6.88. The smallest absolute Gasteiger partial charge is 0.125 e. The predicted molar refractivity (Wildman–Crippen MR) is 113 cm³/mol. The Bertz CT molecular complexity index is 223. The van der Waals surface area contributed by atoms with Crippen LogP contribution in [0.3, 0.4) is 0 Å². The van der Waals surface area contributed by atoms with Gasteiger partial charge in [0.1, 0.15) is 15.5 Å². The summed E-state index contributed by atoms with van der Waals surface area (Å²) in [5.74, 6) is 1.36. The second-order valence-corrected chi connectivity index (χ2v) is 19.8. The Morgan fingerprint density at radius 1 is 0.682 bits per heavy atom. The van der Waals surface area contributed by atoms with Crippen LogP contribution >= 0.6 is 11.2 Å². The minimum atomic E-state index is -1.16. The summed E-state index contributed by atoms with van der Waals surface area (Å²) >= 11 is 2.40. The van der Waals surface area contributed by atoms with Gasteiger partial charge < -0.3 is 4.98 Å². The van der Waals surface area contributed by atoms with Crippen LogP contribution in [0.5, 0.6) is 0 Å². The van der Waals surface area contributed by atoms with Gasteiger partial charge >= 0.3 is 0 Å². The van der Waals surface area contributed by atoms with E-state index in [4.69, 9.17) is 0 Å². The molecule has 0 radical (unpaired) electrons. The largest absolute Gasteiger partial charge is 0.336 e. The van der Waals surface area contributed by atoms with E-state index in [1.165, 1.54) is 74.2 Å². The minimum absolute atomic E-state index is 1.02. The first kappa shape index (κ1) is 22.7. The van der Waals surface area contributed by atoms with E-state index in [1.54, 1.807) is 0 Å². The van der Waals surface area contributed by atoms with E-state index < -0.39 is 15.5 Å². The first-order chi connectivity index (χ1) is 10.6. The quantitative estimate of drug-likeness (QED) is 0.252. The fourth-order valence-corrected chi connectivity index (χ4v) is 16.5. The van der Waals surface area contributed by atoms with E-state index in [1.807, 2.05) is 0 Å². The fourth-order valence-electron chi connectivity index (χ4n) is 3.96. The van der Waals surface area contributed by atoms with Crippen molar-refractivity contribution in [2.45, 2.75) is 103 Å². The topological polar surface area (TPSA) is 12.0 Å². The molecule has 0 atom stereocenters. The van der Waals surface area contributed by atoms with E-state index in [-0.39, 0.29) is 0 Å². The highest BCUT2D eigenvalue weighted by Crippen LogP contribution is 2.35. The van der Waals surface area contributed by atoms with Crippen LogP contribution in [0.4, 0.5) is 0 Å². The van der Waals surface area contributed by atoms with Gasteiger partial charge in [-0.25, -0.2) is 0 Å². The summed E-state index contributed by atoms with van der Waals surface area (Å²) in [6, 6.07) is 8.90. The van der Waals surface area contributed by atoms with E-state index in [0.717, 1.165) is 0 Å². The first-order valence-electron chi connectivity index (χ1n) is 9.96. The third kappa shape index (κ3) is 8.02. The van der Waals surface area contributed by atoms with Gasteiger partial charge in [0.15, 0.2) is 0 Å². The molecule has 0 aromatic carbocycles. The second-order valence-electron chi connectivity index (χ2n) is 6.95. The Balaban J connectivity index is 4.44. The average molecular weight is 362 g/mol. The zero-order chi connectivity index (χ0) is 16.9. The molecule has 1 nitrogen and oxygen atoms in total. The number of nitrogens with one attached hydrogen (secondary N) is 1. The summed E-state index contributed by atoms with van der Waals surface area (Å²) in [7, 11) is -2.18. The molecule has 0 unspecified atom stereocenters. The van der Waals surface area contributed by atoms with E-state index in [9.17, 15) is 0 Å². The zero-order valence-electron chi connectivity index (χ0n) is 16.4. The second kappa shape index (κ2) is 13.1. The van der Waals surface area contributed by atoms with Gasteiger partial charge in [0, 0.05) is 0 Å². The summed E-state index contributed by atoms with van der Waals surface area (Å²) in [6.45, 7) is 15.6. The van der Waals surface area contributed by atoms with Gasteiger partial charge in [-0.3, -0.25) is 0 Å². The van der Waals surface area contributed by atoms with Crippen molar-refractivity contribution in [1.29, 1.82) is 0 Å². The van der Waals surface area contributed by atoms with Gasteiger partial charge in [0.2, 0.25) is 0 Å². The molecule has 0 saturated heterocycles. The molecule has 0 spiro atoms. The van der Waals surface area contributed by atoms with Crippen molar-refractivity contribution < 1.29 is 0 Å². The van der Waals surface area contributed by atoms with Crippen LogP contribution in [0.1, 0.15) is 67.2 Å². The van der Waals surface area contributed by atoms with Gasteiger partial charge in [0.05, 0.1) is 0 Å². The van der Waals surface area contributed by atoms with Gasteiger partial charge in [-0.2, -0.15) is 11.2 Å². The average Bonchev–Trinajstić information content (AvgIpc) is 2.52. The highest BCUT2D eigenvalue weighted by atomic mass is 32.4. The third-order valence-electron chi connectivity index (χ3n) is 5.20. The van der Waals surface area contributed by atoms with Crippen molar-refractivity contribution >= 4 is 26.7 Å². The summed E-state index contributed by atoms with van der Waals surface area (Å²) in [5, 5.41) is 0. The monoisotopic (exact) mass is 361 g/mol. The van der Waals surface area contributed by atoms with Crippen LogP contribution in [-0.2, 0) is 0 Å². The van der Waals surface area contributed by atoms with E-state index in [0.29, 0.717) is 0 Å². The Kier molecular flexibility index (Phi) is 13.5. The molecular formula is C18H43NSSi2. The molecule has 0 rings (SSSR count). The van der Waals surface area contributed by atoms with Crippen LogP contribution in [0.25, 0.3) is 0 Å². The lowest BCUT2D eigenvalue weighted by molar-refractivity contribution is 0.858. The molecule has 1 N–H and O–H groups in total. The summed E-state index contributed by atoms with van der Waals surface area (Å²) in [6.07, 6.45) is 5.50.